The van der Waals surface area contributed by atoms with Crippen molar-refractivity contribution in [1.82, 2.24) is 5.32 Å². The molecule has 0 amide bonds. The van der Waals surface area contributed by atoms with Gasteiger partial charge < -0.3 is 5.32 Å². The van der Waals surface area contributed by atoms with E-state index in [9.17, 15) is 0 Å². The van der Waals surface area contributed by atoms with Gasteiger partial charge in [-0.1, -0.05) is 20.3 Å². The highest BCUT2D eigenvalue weighted by Gasteiger charge is 2.15. The lowest BCUT2D eigenvalue weighted by atomic mass is 9.90. The lowest BCUT2D eigenvalue weighted by Crippen LogP contribution is -2.39. The van der Waals surface area contributed by atoms with Crippen LogP contribution >= 0.6 is 11.6 Å². The Bertz CT molecular complexity index is 163. The number of nitrogens with one attached hydrogen (secondary N) is 1. The van der Waals surface area contributed by atoms with Crippen LogP contribution in [0.1, 0.15) is 60.3 Å². The maximum atomic E-state index is 5.79. The van der Waals surface area contributed by atoms with Gasteiger partial charge in [0.1, 0.15) is 0 Å². The van der Waals surface area contributed by atoms with Crippen molar-refractivity contribution in [3.63, 3.8) is 0 Å². The van der Waals surface area contributed by atoms with E-state index in [-0.39, 0.29) is 5.54 Å². The van der Waals surface area contributed by atoms with Gasteiger partial charge in [0.2, 0.25) is 0 Å². The van der Waals surface area contributed by atoms with Crippen molar-refractivity contribution in [1.29, 1.82) is 0 Å². The number of hydrogen-bond acceptors (Lipinski definition) is 1. The zero-order valence-electron chi connectivity index (χ0n) is 11.8. The summed E-state index contributed by atoms with van der Waals surface area (Å²) in [6.07, 6.45) is 5.02. The first-order valence-corrected chi connectivity index (χ1v) is 7.23. The van der Waals surface area contributed by atoms with E-state index in [0.717, 1.165) is 30.7 Å². The Hall–Kier alpha value is 0.250. The predicted octanol–water partition coefficient (Wildman–Crippen LogP) is 4.45. The summed E-state index contributed by atoms with van der Waals surface area (Å²) in [5.74, 6) is 2.42. The van der Waals surface area contributed by atoms with Crippen molar-refractivity contribution in [3.8, 4) is 0 Å². The standard InChI is InChI=1S/C14H30ClN/c1-6-12(2)10-13(8-7-9-15)11-16-14(3,4)5/h12-13,16H,6-11H2,1-5H3. The molecule has 0 bridgehead atoms. The molecule has 2 unspecified atom stereocenters. The van der Waals surface area contributed by atoms with E-state index in [2.05, 4.69) is 39.9 Å². The van der Waals surface area contributed by atoms with Crippen LogP contribution in [0, 0.1) is 11.8 Å². The molecule has 16 heavy (non-hydrogen) atoms. The van der Waals surface area contributed by atoms with Crippen LogP contribution < -0.4 is 5.32 Å². The van der Waals surface area contributed by atoms with Gasteiger partial charge in [-0.2, -0.15) is 0 Å². The van der Waals surface area contributed by atoms with Crippen LogP contribution in [0.4, 0.5) is 0 Å². The molecule has 0 saturated heterocycles. The van der Waals surface area contributed by atoms with Gasteiger partial charge >= 0.3 is 0 Å². The monoisotopic (exact) mass is 247 g/mol. The smallest absolute Gasteiger partial charge is 0.0223 e. The number of halogens is 1. The SMILES string of the molecule is CCC(C)CC(CCCCl)CNC(C)(C)C. The second-order valence-electron chi connectivity index (χ2n) is 6.08. The Morgan fingerprint density at radius 3 is 2.31 bits per heavy atom. The average Bonchev–Trinajstić information content (AvgIpc) is 2.20. The molecule has 0 aromatic carbocycles. The van der Waals surface area contributed by atoms with Crippen molar-refractivity contribution in [3.05, 3.63) is 0 Å². The van der Waals surface area contributed by atoms with Gasteiger partial charge in [-0.25, -0.2) is 0 Å². The molecule has 0 radical (unpaired) electrons. The van der Waals surface area contributed by atoms with E-state index < -0.39 is 0 Å². The highest BCUT2D eigenvalue weighted by molar-refractivity contribution is 6.17. The molecule has 98 valence electrons. The second-order valence-corrected chi connectivity index (χ2v) is 6.46. The Labute approximate surface area is 107 Å². The molecule has 0 aromatic heterocycles. The molecule has 1 nitrogen and oxygen atoms in total. The van der Waals surface area contributed by atoms with E-state index in [4.69, 9.17) is 11.6 Å². The van der Waals surface area contributed by atoms with E-state index in [1.807, 2.05) is 0 Å². The van der Waals surface area contributed by atoms with Crippen LogP contribution in [0.15, 0.2) is 0 Å². The minimum atomic E-state index is 0.231. The van der Waals surface area contributed by atoms with Crippen molar-refractivity contribution < 1.29 is 0 Å². The van der Waals surface area contributed by atoms with Crippen LogP contribution in [-0.4, -0.2) is 18.0 Å². The fourth-order valence-corrected chi connectivity index (χ4v) is 2.01. The topological polar surface area (TPSA) is 12.0 Å². The van der Waals surface area contributed by atoms with Crippen LogP contribution in [0.5, 0.6) is 0 Å². The van der Waals surface area contributed by atoms with E-state index in [1.54, 1.807) is 0 Å². The van der Waals surface area contributed by atoms with Gasteiger partial charge in [-0.05, 0) is 58.4 Å². The minimum absolute atomic E-state index is 0.231. The van der Waals surface area contributed by atoms with E-state index in [1.165, 1.54) is 19.3 Å². The molecule has 2 atom stereocenters. The van der Waals surface area contributed by atoms with Gasteiger partial charge in [0.25, 0.3) is 0 Å². The lowest BCUT2D eigenvalue weighted by molar-refractivity contribution is 0.308. The molecule has 0 fully saturated rings. The molecule has 1 N–H and O–H groups in total. The number of hydrogen-bond donors (Lipinski definition) is 1. The summed E-state index contributed by atoms with van der Waals surface area (Å²) in [5, 5.41) is 3.62. The van der Waals surface area contributed by atoms with Crippen LogP contribution in [0.25, 0.3) is 0 Å². The zero-order chi connectivity index (χ0) is 12.6. The van der Waals surface area contributed by atoms with Gasteiger partial charge in [0, 0.05) is 11.4 Å². The third kappa shape index (κ3) is 9.47. The van der Waals surface area contributed by atoms with Crippen LogP contribution in [0.2, 0.25) is 0 Å². The third-order valence-corrected chi connectivity index (χ3v) is 3.37. The van der Waals surface area contributed by atoms with Gasteiger partial charge in [0.15, 0.2) is 0 Å². The first-order chi connectivity index (χ1) is 7.39. The zero-order valence-corrected chi connectivity index (χ0v) is 12.5. The molecule has 0 aliphatic heterocycles. The summed E-state index contributed by atoms with van der Waals surface area (Å²) in [6.45, 7) is 12.5. The van der Waals surface area contributed by atoms with Crippen molar-refractivity contribution >= 4 is 11.6 Å². The Balaban J connectivity index is 3.99. The molecule has 0 rings (SSSR count). The third-order valence-electron chi connectivity index (χ3n) is 3.10. The fraction of sp³-hybridized carbons (Fsp3) is 1.00. The normalized spacial score (nSPS) is 16.1. The maximum Gasteiger partial charge on any atom is 0.0223 e. The Kier molecular flexibility index (Phi) is 8.49. The first kappa shape index (κ1) is 16.2. The summed E-state index contributed by atoms with van der Waals surface area (Å²) in [5.41, 5.74) is 0.231. The quantitative estimate of drug-likeness (QED) is 0.625. The minimum Gasteiger partial charge on any atom is -0.312 e. The highest BCUT2D eigenvalue weighted by Crippen LogP contribution is 2.20. The molecule has 0 aliphatic carbocycles. The summed E-state index contributed by atoms with van der Waals surface area (Å²) in [6, 6.07) is 0. The predicted molar refractivity (Wildman–Crippen MR) is 75.3 cm³/mol. The number of rotatable bonds is 8. The van der Waals surface area contributed by atoms with Crippen LogP contribution in [0.3, 0.4) is 0 Å². The van der Waals surface area contributed by atoms with Gasteiger partial charge in [-0.3, -0.25) is 0 Å². The van der Waals surface area contributed by atoms with Crippen molar-refractivity contribution in [2.75, 3.05) is 12.4 Å². The van der Waals surface area contributed by atoms with Gasteiger partial charge in [-0.15, -0.1) is 11.6 Å². The molecule has 0 heterocycles. The summed E-state index contributed by atoms with van der Waals surface area (Å²) < 4.78 is 0. The fourth-order valence-electron chi connectivity index (χ4n) is 1.86. The maximum absolute atomic E-state index is 5.79. The van der Waals surface area contributed by atoms with Crippen molar-refractivity contribution in [2.24, 2.45) is 11.8 Å². The summed E-state index contributed by atoms with van der Waals surface area (Å²) in [7, 11) is 0. The average molecular weight is 248 g/mol. The molecular weight excluding hydrogens is 218 g/mol. The second kappa shape index (κ2) is 8.36. The molecule has 0 aliphatic rings. The van der Waals surface area contributed by atoms with Gasteiger partial charge in [0.05, 0.1) is 0 Å². The Morgan fingerprint density at radius 2 is 1.88 bits per heavy atom. The van der Waals surface area contributed by atoms with E-state index >= 15 is 0 Å². The lowest BCUT2D eigenvalue weighted by Gasteiger charge is -2.26. The first-order valence-electron chi connectivity index (χ1n) is 6.70. The molecule has 0 saturated carbocycles. The highest BCUT2D eigenvalue weighted by atomic mass is 35.5. The van der Waals surface area contributed by atoms with Crippen LogP contribution in [-0.2, 0) is 0 Å². The molecular formula is C14H30ClN. The summed E-state index contributed by atoms with van der Waals surface area (Å²) >= 11 is 5.79. The molecule has 0 aromatic rings. The summed E-state index contributed by atoms with van der Waals surface area (Å²) in [4.78, 5) is 0. The van der Waals surface area contributed by atoms with Crippen molar-refractivity contribution in [2.45, 2.75) is 65.8 Å². The Morgan fingerprint density at radius 1 is 1.25 bits per heavy atom. The molecule has 0 spiro atoms. The molecule has 2 heteroatoms. The largest absolute Gasteiger partial charge is 0.312 e. The number of alkyl halides is 1. The van der Waals surface area contributed by atoms with E-state index in [0.29, 0.717) is 0 Å².